The van der Waals surface area contributed by atoms with E-state index in [0.29, 0.717) is 11.4 Å². The summed E-state index contributed by atoms with van der Waals surface area (Å²) < 4.78 is 0. The molecule has 1 amide bonds. The Kier molecular flexibility index (Phi) is 7.26. The van der Waals surface area contributed by atoms with E-state index in [2.05, 4.69) is 4.84 Å². The number of benzene rings is 1. The SMILES string of the molecule is CC(C)(C(=O)NOC(=O)C(Cl)Cl)C(Cl)Cc1ccccc1Cl. The first-order valence-electron chi connectivity index (χ1n) is 6.33. The third-order valence-electron chi connectivity index (χ3n) is 3.15. The summed E-state index contributed by atoms with van der Waals surface area (Å²) in [5, 5.41) is -0.00295. The molecule has 22 heavy (non-hydrogen) atoms. The number of hydrogen-bond donors (Lipinski definition) is 1. The van der Waals surface area contributed by atoms with Gasteiger partial charge in [-0.2, -0.15) is 5.48 Å². The summed E-state index contributed by atoms with van der Waals surface area (Å²) in [6, 6.07) is 7.22. The monoisotopic (exact) mass is 385 g/mol. The van der Waals surface area contributed by atoms with Gasteiger partial charge in [-0.25, -0.2) is 4.79 Å². The molecule has 1 aromatic rings. The molecule has 0 saturated heterocycles. The highest BCUT2D eigenvalue weighted by atomic mass is 35.5. The Balaban J connectivity index is 2.69. The maximum Gasteiger partial charge on any atom is 0.364 e. The lowest BCUT2D eigenvalue weighted by Crippen LogP contribution is -2.44. The second kappa shape index (κ2) is 8.25. The van der Waals surface area contributed by atoms with Crippen molar-refractivity contribution in [2.45, 2.75) is 30.5 Å². The fourth-order valence-electron chi connectivity index (χ4n) is 1.53. The van der Waals surface area contributed by atoms with Gasteiger partial charge >= 0.3 is 5.97 Å². The molecular weight excluding hydrogens is 372 g/mol. The van der Waals surface area contributed by atoms with Gasteiger partial charge in [-0.05, 0) is 31.9 Å². The van der Waals surface area contributed by atoms with Gasteiger partial charge in [-0.3, -0.25) is 4.79 Å². The van der Waals surface area contributed by atoms with Crippen molar-refractivity contribution in [2.24, 2.45) is 5.41 Å². The van der Waals surface area contributed by atoms with Gasteiger partial charge < -0.3 is 4.84 Å². The van der Waals surface area contributed by atoms with Crippen LogP contribution in [0.4, 0.5) is 0 Å². The van der Waals surface area contributed by atoms with Crippen molar-refractivity contribution < 1.29 is 14.4 Å². The minimum atomic E-state index is -1.38. The van der Waals surface area contributed by atoms with Gasteiger partial charge in [0.15, 0.2) is 0 Å². The third-order valence-corrected chi connectivity index (χ3v) is 4.57. The highest BCUT2D eigenvalue weighted by Crippen LogP contribution is 2.30. The molecule has 122 valence electrons. The van der Waals surface area contributed by atoms with Crippen LogP contribution in [0.5, 0.6) is 0 Å². The molecule has 1 atom stereocenters. The maximum absolute atomic E-state index is 12.1. The fourth-order valence-corrected chi connectivity index (χ4v) is 2.09. The summed E-state index contributed by atoms with van der Waals surface area (Å²) in [6.45, 7) is 3.26. The molecule has 4 nitrogen and oxygen atoms in total. The van der Waals surface area contributed by atoms with Gasteiger partial charge in [0.1, 0.15) is 0 Å². The predicted octanol–water partition coefficient (Wildman–Crippen LogP) is 3.89. The van der Waals surface area contributed by atoms with Crippen molar-refractivity contribution in [3.8, 4) is 0 Å². The van der Waals surface area contributed by atoms with E-state index in [9.17, 15) is 9.59 Å². The van der Waals surface area contributed by atoms with Crippen molar-refractivity contribution in [2.75, 3.05) is 0 Å². The van der Waals surface area contributed by atoms with Gasteiger partial charge in [0, 0.05) is 5.02 Å². The molecule has 0 heterocycles. The van der Waals surface area contributed by atoms with Crippen molar-refractivity contribution in [3.63, 3.8) is 0 Å². The number of hydrogen-bond acceptors (Lipinski definition) is 3. The van der Waals surface area contributed by atoms with E-state index in [-0.39, 0.29) is 0 Å². The van der Waals surface area contributed by atoms with Gasteiger partial charge in [0.25, 0.3) is 5.91 Å². The molecule has 0 radical (unpaired) electrons. The Bertz CT molecular complexity index is 549. The van der Waals surface area contributed by atoms with Crippen LogP contribution in [-0.2, 0) is 20.8 Å². The summed E-state index contributed by atoms with van der Waals surface area (Å²) >= 11 is 23.0. The number of alkyl halides is 3. The predicted molar refractivity (Wildman–Crippen MR) is 88.3 cm³/mol. The number of rotatable bonds is 5. The lowest BCUT2D eigenvalue weighted by atomic mass is 9.85. The molecule has 0 bridgehead atoms. The first-order valence-corrected chi connectivity index (χ1v) is 8.01. The van der Waals surface area contributed by atoms with Crippen LogP contribution in [0.2, 0.25) is 5.02 Å². The number of carbonyl (C=O) groups is 2. The zero-order chi connectivity index (χ0) is 16.9. The smallest absolute Gasteiger partial charge is 0.338 e. The average molecular weight is 387 g/mol. The molecule has 1 rings (SSSR count). The fraction of sp³-hybridized carbons (Fsp3) is 0.429. The van der Waals surface area contributed by atoms with Crippen LogP contribution in [-0.4, -0.2) is 22.1 Å². The number of hydroxylamine groups is 1. The molecule has 1 aromatic carbocycles. The Morgan fingerprint density at radius 3 is 2.36 bits per heavy atom. The molecule has 0 aliphatic rings. The summed E-state index contributed by atoms with van der Waals surface area (Å²) in [4.78, 5) is 26.4. The molecule has 1 unspecified atom stereocenters. The van der Waals surface area contributed by atoms with Crippen LogP contribution in [0.15, 0.2) is 24.3 Å². The first kappa shape index (κ1) is 19.4. The molecule has 0 saturated carbocycles. The van der Waals surface area contributed by atoms with E-state index in [0.717, 1.165) is 5.56 Å². The minimum Gasteiger partial charge on any atom is -0.338 e. The molecule has 1 N–H and O–H groups in total. The number of nitrogens with one attached hydrogen (secondary N) is 1. The summed E-state index contributed by atoms with van der Waals surface area (Å²) in [7, 11) is 0. The van der Waals surface area contributed by atoms with Crippen LogP contribution < -0.4 is 5.48 Å². The molecule has 0 aliphatic carbocycles. The zero-order valence-corrected chi connectivity index (χ0v) is 14.9. The van der Waals surface area contributed by atoms with Crippen LogP contribution in [0.3, 0.4) is 0 Å². The van der Waals surface area contributed by atoms with Crippen LogP contribution in [0.25, 0.3) is 0 Å². The summed E-state index contributed by atoms with van der Waals surface area (Å²) in [6.07, 6.45) is 0.378. The zero-order valence-electron chi connectivity index (χ0n) is 11.9. The number of amides is 1. The second-order valence-electron chi connectivity index (χ2n) is 5.14. The van der Waals surface area contributed by atoms with E-state index >= 15 is 0 Å². The van der Waals surface area contributed by atoms with Crippen molar-refractivity contribution in [3.05, 3.63) is 34.9 Å². The second-order valence-corrected chi connectivity index (χ2v) is 7.17. The molecule has 0 spiro atoms. The first-order chi connectivity index (χ1) is 10.2. The summed E-state index contributed by atoms with van der Waals surface area (Å²) in [5.41, 5.74) is 1.81. The molecule has 0 aliphatic heterocycles. The molecule has 0 aromatic heterocycles. The van der Waals surface area contributed by atoms with Gasteiger partial charge in [-0.1, -0.05) is 53.0 Å². The van der Waals surface area contributed by atoms with Crippen molar-refractivity contribution in [1.29, 1.82) is 0 Å². The molecular formula is C14H15Cl4NO3. The van der Waals surface area contributed by atoms with Gasteiger partial charge in [-0.15, -0.1) is 11.6 Å². The normalized spacial score (nSPS) is 12.9. The largest absolute Gasteiger partial charge is 0.364 e. The van der Waals surface area contributed by atoms with E-state index in [1.165, 1.54) is 0 Å². The third kappa shape index (κ3) is 5.20. The van der Waals surface area contributed by atoms with E-state index in [4.69, 9.17) is 46.4 Å². The van der Waals surface area contributed by atoms with E-state index in [1.54, 1.807) is 26.0 Å². The van der Waals surface area contributed by atoms with Crippen LogP contribution >= 0.6 is 46.4 Å². The topological polar surface area (TPSA) is 55.4 Å². The lowest BCUT2D eigenvalue weighted by Gasteiger charge is -2.28. The van der Waals surface area contributed by atoms with E-state index < -0.39 is 27.5 Å². The Morgan fingerprint density at radius 1 is 1.23 bits per heavy atom. The van der Waals surface area contributed by atoms with Gasteiger partial charge in [0.2, 0.25) is 4.84 Å². The highest BCUT2D eigenvalue weighted by molar-refractivity contribution is 6.52. The highest BCUT2D eigenvalue weighted by Gasteiger charge is 2.37. The molecule has 0 fully saturated rings. The summed E-state index contributed by atoms with van der Waals surface area (Å²) in [5.74, 6) is -1.54. The quantitative estimate of drug-likeness (QED) is 0.616. The number of halogens is 4. The van der Waals surface area contributed by atoms with Crippen molar-refractivity contribution >= 4 is 58.3 Å². The van der Waals surface area contributed by atoms with Crippen molar-refractivity contribution in [1.82, 2.24) is 5.48 Å². The van der Waals surface area contributed by atoms with Gasteiger partial charge in [0.05, 0.1) is 10.8 Å². The molecule has 8 heteroatoms. The standard InChI is InChI=1S/C14H15Cl4NO3/c1-14(2,13(21)19-22-12(20)11(17)18)10(16)7-8-5-3-4-6-9(8)15/h3-6,10-11H,7H2,1-2H3,(H,19,21). The Labute approximate surface area is 149 Å². The Hall–Kier alpha value is -0.680. The number of carbonyl (C=O) groups excluding carboxylic acids is 2. The van der Waals surface area contributed by atoms with E-state index in [1.807, 2.05) is 17.6 Å². The van der Waals surface area contributed by atoms with Crippen LogP contribution in [0, 0.1) is 5.41 Å². The average Bonchev–Trinajstić information content (AvgIpc) is 2.46. The minimum absolute atomic E-state index is 0.378. The lowest BCUT2D eigenvalue weighted by molar-refractivity contribution is -0.160. The maximum atomic E-state index is 12.1. The Morgan fingerprint density at radius 2 is 1.82 bits per heavy atom. The van der Waals surface area contributed by atoms with Crippen LogP contribution in [0.1, 0.15) is 19.4 Å².